The Balaban J connectivity index is 1.66. The van der Waals surface area contributed by atoms with Gasteiger partial charge >= 0.3 is 6.03 Å². The Morgan fingerprint density at radius 2 is 1.81 bits per heavy atom. The zero-order valence-corrected chi connectivity index (χ0v) is 21.9. The first kappa shape index (κ1) is 25.5. The Morgan fingerprint density at radius 1 is 1.03 bits per heavy atom. The molecule has 1 fully saturated rings. The van der Waals surface area contributed by atoms with E-state index in [1.165, 1.54) is 6.08 Å². The van der Waals surface area contributed by atoms with Gasteiger partial charge in [-0.05, 0) is 88.9 Å². The number of amides is 4. The van der Waals surface area contributed by atoms with E-state index < -0.39 is 17.8 Å². The largest absolute Gasteiger partial charge is 0.490 e. The maximum Gasteiger partial charge on any atom is 0.335 e. The zero-order chi connectivity index (χ0) is 25.8. The van der Waals surface area contributed by atoms with Crippen molar-refractivity contribution >= 4 is 57.1 Å². The van der Waals surface area contributed by atoms with E-state index in [0.717, 1.165) is 16.0 Å². The van der Waals surface area contributed by atoms with E-state index in [4.69, 9.17) is 21.1 Å². The van der Waals surface area contributed by atoms with Crippen molar-refractivity contribution < 1.29 is 23.9 Å². The Bertz CT molecular complexity index is 1390. The number of hydrogen-bond donors (Lipinski definition) is 1. The quantitative estimate of drug-likeness (QED) is 0.276. The molecule has 7 nitrogen and oxygen atoms in total. The first-order valence-electron chi connectivity index (χ1n) is 11.1. The van der Waals surface area contributed by atoms with E-state index in [2.05, 4.69) is 21.2 Å². The number of carbonyl (C=O) groups is 3. The van der Waals surface area contributed by atoms with E-state index in [9.17, 15) is 14.4 Å². The van der Waals surface area contributed by atoms with Crippen LogP contribution in [-0.2, 0) is 16.2 Å². The maximum absolute atomic E-state index is 13.2. The van der Waals surface area contributed by atoms with Gasteiger partial charge in [0.15, 0.2) is 11.5 Å². The van der Waals surface area contributed by atoms with Crippen LogP contribution in [0.15, 0.2) is 70.7 Å². The zero-order valence-electron chi connectivity index (χ0n) is 19.5. The molecule has 4 rings (SSSR count). The first-order valence-corrected chi connectivity index (χ1v) is 12.3. The molecule has 0 aliphatic carbocycles. The number of aryl methyl sites for hydroxylation is 1. The van der Waals surface area contributed by atoms with Crippen LogP contribution in [0.1, 0.15) is 23.6 Å². The third-order valence-electron chi connectivity index (χ3n) is 5.28. The summed E-state index contributed by atoms with van der Waals surface area (Å²) in [7, 11) is 0. The molecule has 1 N–H and O–H groups in total. The Labute approximate surface area is 221 Å². The lowest BCUT2D eigenvalue weighted by atomic mass is 10.1. The highest BCUT2D eigenvalue weighted by Gasteiger charge is 2.36. The fourth-order valence-electron chi connectivity index (χ4n) is 3.68. The van der Waals surface area contributed by atoms with Crippen molar-refractivity contribution in [2.24, 2.45) is 0 Å². The lowest BCUT2D eigenvalue weighted by Crippen LogP contribution is -2.54. The smallest absolute Gasteiger partial charge is 0.335 e. The molecule has 36 heavy (non-hydrogen) atoms. The summed E-state index contributed by atoms with van der Waals surface area (Å²) < 4.78 is 12.3. The second-order valence-electron chi connectivity index (χ2n) is 7.98. The van der Waals surface area contributed by atoms with Crippen LogP contribution in [-0.4, -0.2) is 24.5 Å². The van der Waals surface area contributed by atoms with Gasteiger partial charge in [-0.3, -0.25) is 14.9 Å². The number of urea groups is 1. The summed E-state index contributed by atoms with van der Waals surface area (Å²) in [6.45, 7) is 4.31. The number of hydrogen-bond acceptors (Lipinski definition) is 5. The van der Waals surface area contributed by atoms with Gasteiger partial charge in [0.1, 0.15) is 12.2 Å². The van der Waals surface area contributed by atoms with Crippen molar-refractivity contribution in [2.45, 2.75) is 20.5 Å². The minimum Gasteiger partial charge on any atom is -0.490 e. The molecule has 1 aliphatic rings. The molecule has 1 heterocycles. The molecule has 1 saturated heterocycles. The number of rotatable bonds is 7. The summed E-state index contributed by atoms with van der Waals surface area (Å²) in [4.78, 5) is 39.2. The van der Waals surface area contributed by atoms with Gasteiger partial charge < -0.3 is 9.47 Å². The molecule has 1 aliphatic heterocycles. The van der Waals surface area contributed by atoms with Crippen molar-refractivity contribution in [3.63, 3.8) is 0 Å². The van der Waals surface area contributed by atoms with Crippen molar-refractivity contribution in [2.75, 3.05) is 11.5 Å². The standard InChI is InChI=1S/C27H22BrClN2O5/c1-3-35-23-14-18(13-22(28)24(23)36-15-17-7-5-8-19(29)11-17)12-21-25(32)30-27(34)31(26(21)33)20-9-4-6-16(2)10-20/h4-14H,3,15H2,1-2H3,(H,30,32,34)/b21-12+. The average Bonchev–Trinajstić information content (AvgIpc) is 2.81. The molecule has 0 saturated carbocycles. The van der Waals surface area contributed by atoms with E-state index in [0.29, 0.717) is 38.9 Å². The highest BCUT2D eigenvalue weighted by atomic mass is 79.9. The van der Waals surface area contributed by atoms with Crippen molar-refractivity contribution in [1.29, 1.82) is 0 Å². The molecule has 9 heteroatoms. The lowest BCUT2D eigenvalue weighted by Gasteiger charge is -2.26. The molecule has 0 unspecified atom stereocenters. The van der Waals surface area contributed by atoms with Gasteiger partial charge in [0.05, 0.1) is 16.8 Å². The number of anilines is 1. The van der Waals surface area contributed by atoms with Gasteiger partial charge in [0.2, 0.25) is 0 Å². The SMILES string of the molecule is CCOc1cc(/C=C2\C(=O)NC(=O)N(c3cccc(C)c3)C2=O)cc(Br)c1OCc1cccc(Cl)c1. The minimum absolute atomic E-state index is 0.182. The number of nitrogens with zero attached hydrogens (tertiary/aromatic N) is 1. The van der Waals surface area contributed by atoms with Crippen LogP contribution in [0.2, 0.25) is 5.02 Å². The third kappa shape index (κ3) is 5.61. The highest BCUT2D eigenvalue weighted by molar-refractivity contribution is 9.10. The molecule has 3 aromatic rings. The summed E-state index contributed by atoms with van der Waals surface area (Å²) in [5.74, 6) is -0.597. The molecular weight excluding hydrogens is 548 g/mol. The average molecular weight is 570 g/mol. The fraction of sp³-hybridized carbons (Fsp3) is 0.148. The van der Waals surface area contributed by atoms with E-state index in [1.54, 1.807) is 36.4 Å². The van der Waals surface area contributed by atoms with Crippen molar-refractivity contribution in [1.82, 2.24) is 5.32 Å². The molecule has 0 atom stereocenters. The first-order chi connectivity index (χ1) is 17.3. The topological polar surface area (TPSA) is 84.9 Å². The molecule has 4 amide bonds. The van der Waals surface area contributed by atoms with Crippen LogP contribution in [0.5, 0.6) is 11.5 Å². The van der Waals surface area contributed by atoms with Crippen LogP contribution >= 0.6 is 27.5 Å². The van der Waals surface area contributed by atoms with Crippen LogP contribution < -0.4 is 19.7 Å². The van der Waals surface area contributed by atoms with Crippen molar-refractivity contribution in [3.05, 3.63) is 92.4 Å². The Kier molecular flexibility index (Phi) is 7.76. The minimum atomic E-state index is -0.798. The molecule has 0 radical (unpaired) electrons. The molecule has 0 bridgehead atoms. The van der Waals surface area contributed by atoms with E-state index in [1.807, 2.05) is 38.1 Å². The van der Waals surface area contributed by atoms with E-state index in [-0.39, 0.29) is 12.2 Å². The number of barbiturate groups is 1. The maximum atomic E-state index is 13.2. The van der Waals surface area contributed by atoms with Gasteiger partial charge in [-0.2, -0.15) is 0 Å². The second-order valence-corrected chi connectivity index (χ2v) is 9.27. The highest BCUT2D eigenvalue weighted by Crippen LogP contribution is 2.38. The number of imide groups is 2. The molecule has 0 aromatic heterocycles. The second kappa shape index (κ2) is 11.0. The van der Waals surface area contributed by atoms with Gasteiger partial charge in [0.25, 0.3) is 11.8 Å². The fourth-order valence-corrected chi connectivity index (χ4v) is 4.47. The summed E-state index contributed by atoms with van der Waals surface area (Å²) in [5, 5.41) is 2.84. The lowest BCUT2D eigenvalue weighted by molar-refractivity contribution is -0.122. The third-order valence-corrected chi connectivity index (χ3v) is 6.10. The number of ether oxygens (including phenoxy) is 2. The Morgan fingerprint density at radius 3 is 2.53 bits per heavy atom. The van der Waals surface area contributed by atoms with Crippen LogP contribution in [0, 0.1) is 6.92 Å². The van der Waals surface area contributed by atoms with Crippen LogP contribution in [0.4, 0.5) is 10.5 Å². The summed E-state index contributed by atoms with van der Waals surface area (Å²) in [6, 6.07) is 16.8. The van der Waals surface area contributed by atoms with Crippen LogP contribution in [0.3, 0.4) is 0 Å². The number of halogens is 2. The van der Waals surface area contributed by atoms with Crippen LogP contribution in [0.25, 0.3) is 6.08 Å². The van der Waals surface area contributed by atoms with Crippen molar-refractivity contribution in [3.8, 4) is 11.5 Å². The molecule has 3 aromatic carbocycles. The predicted molar refractivity (Wildman–Crippen MR) is 141 cm³/mol. The summed E-state index contributed by atoms with van der Waals surface area (Å²) >= 11 is 9.57. The predicted octanol–water partition coefficient (Wildman–Crippen LogP) is 6.06. The number of nitrogens with one attached hydrogen (secondary N) is 1. The number of benzene rings is 3. The summed E-state index contributed by atoms with van der Waals surface area (Å²) in [5.41, 5.74) is 2.45. The molecule has 184 valence electrons. The van der Waals surface area contributed by atoms with Gasteiger partial charge in [0, 0.05) is 5.02 Å². The molecule has 0 spiro atoms. The van der Waals surface area contributed by atoms with Gasteiger partial charge in [-0.15, -0.1) is 0 Å². The normalized spacial score (nSPS) is 14.7. The Hall–Kier alpha value is -3.62. The van der Waals surface area contributed by atoms with Gasteiger partial charge in [-0.25, -0.2) is 9.69 Å². The van der Waals surface area contributed by atoms with E-state index >= 15 is 0 Å². The molecular formula is C27H22BrClN2O5. The van der Waals surface area contributed by atoms with Gasteiger partial charge in [-0.1, -0.05) is 35.9 Å². The number of carbonyl (C=O) groups excluding carboxylic acids is 3. The monoisotopic (exact) mass is 568 g/mol. The summed E-state index contributed by atoms with van der Waals surface area (Å²) in [6.07, 6.45) is 1.42.